The molecule has 2 aliphatic rings. The minimum atomic E-state index is -0.912. The molecule has 1 saturated heterocycles. The van der Waals surface area contributed by atoms with Gasteiger partial charge >= 0.3 is 0 Å². The van der Waals surface area contributed by atoms with E-state index in [2.05, 4.69) is 15.1 Å². The predicted octanol–water partition coefficient (Wildman–Crippen LogP) is 5.62. The number of carbonyl (C=O) groups is 2. The quantitative estimate of drug-likeness (QED) is 0.383. The molecule has 1 heterocycles. The number of aliphatic hydroxyl groups is 1. The summed E-state index contributed by atoms with van der Waals surface area (Å²) >= 11 is 18.6. The van der Waals surface area contributed by atoms with Crippen molar-refractivity contribution < 1.29 is 14.7 Å². The topological polar surface area (TPSA) is 72.9 Å². The standard InChI is InChI=1S/C29H36Cl3N3O3/c1-19(37)35(23-8-9-23)24-11-14-34(15-12-24)16-13-29(2,21-5-10-25(31)26(32)17-21)28(38)33-27(18-36)20-3-6-22(30)7-4-20/h3-7,10,17,23-24,27,36H,8-9,11-16,18H2,1-2H3,(H,33,38)/t27-,29?/m0/s1. The maximum absolute atomic E-state index is 13.9. The molecule has 4 rings (SSSR count). The van der Waals surface area contributed by atoms with E-state index in [9.17, 15) is 14.7 Å². The summed E-state index contributed by atoms with van der Waals surface area (Å²) in [4.78, 5) is 30.5. The van der Waals surface area contributed by atoms with Gasteiger partial charge in [-0.05, 0) is 81.0 Å². The predicted molar refractivity (Wildman–Crippen MR) is 153 cm³/mol. The molecule has 2 N–H and O–H groups in total. The molecule has 1 aliphatic heterocycles. The van der Waals surface area contributed by atoms with Crippen LogP contribution in [0, 0.1) is 0 Å². The normalized spacial score (nSPS) is 19.0. The van der Waals surface area contributed by atoms with Crippen molar-refractivity contribution in [3.8, 4) is 0 Å². The molecule has 2 aromatic rings. The van der Waals surface area contributed by atoms with Crippen LogP contribution in [0.1, 0.15) is 63.1 Å². The number of hydrogen-bond donors (Lipinski definition) is 2. The first kappa shape index (κ1) is 29.2. The maximum atomic E-state index is 13.9. The molecule has 0 spiro atoms. The molecule has 38 heavy (non-hydrogen) atoms. The molecular formula is C29H36Cl3N3O3. The average Bonchev–Trinajstić information content (AvgIpc) is 3.73. The molecule has 6 nitrogen and oxygen atoms in total. The van der Waals surface area contributed by atoms with E-state index in [-0.39, 0.29) is 18.4 Å². The van der Waals surface area contributed by atoms with Gasteiger partial charge in [-0.25, -0.2) is 0 Å². The Kier molecular flexibility index (Phi) is 9.64. The van der Waals surface area contributed by atoms with Gasteiger partial charge < -0.3 is 20.2 Å². The third-order valence-corrected chi connectivity index (χ3v) is 8.99. The second-order valence-electron chi connectivity index (χ2n) is 10.7. The molecule has 1 saturated carbocycles. The van der Waals surface area contributed by atoms with E-state index in [1.165, 1.54) is 0 Å². The minimum absolute atomic E-state index is 0.175. The SMILES string of the molecule is CC(=O)N(C1CC1)C1CCN(CCC(C)(C(=O)N[C@@H](CO)c2ccc(Cl)cc2)c2ccc(Cl)c(Cl)c2)CC1. The molecule has 0 radical (unpaired) electrons. The lowest BCUT2D eigenvalue weighted by molar-refractivity contribution is -0.133. The fourth-order valence-corrected chi connectivity index (χ4v) is 5.87. The number of carbonyl (C=O) groups excluding carboxylic acids is 2. The van der Waals surface area contributed by atoms with Gasteiger partial charge in [0.15, 0.2) is 0 Å². The highest BCUT2D eigenvalue weighted by atomic mass is 35.5. The fourth-order valence-electron chi connectivity index (χ4n) is 5.44. The summed E-state index contributed by atoms with van der Waals surface area (Å²) in [6, 6.07) is 12.5. The van der Waals surface area contributed by atoms with Crippen LogP contribution in [0.2, 0.25) is 15.1 Å². The Hall–Kier alpha value is -1.83. The van der Waals surface area contributed by atoms with Crippen LogP contribution >= 0.6 is 34.8 Å². The summed E-state index contributed by atoms with van der Waals surface area (Å²) in [6.45, 7) is 5.82. The molecular weight excluding hydrogens is 545 g/mol. The van der Waals surface area contributed by atoms with Gasteiger partial charge in [-0.1, -0.05) is 53.0 Å². The Morgan fingerprint density at radius 2 is 1.66 bits per heavy atom. The molecule has 1 unspecified atom stereocenters. The zero-order chi connectivity index (χ0) is 27.4. The monoisotopic (exact) mass is 579 g/mol. The number of halogens is 3. The highest BCUT2D eigenvalue weighted by molar-refractivity contribution is 6.42. The Bertz CT molecular complexity index is 1130. The molecule has 1 aliphatic carbocycles. The summed E-state index contributed by atoms with van der Waals surface area (Å²) in [5.74, 6) is -0.0230. The second kappa shape index (κ2) is 12.6. The van der Waals surface area contributed by atoms with E-state index in [1.54, 1.807) is 43.3 Å². The zero-order valence-electron chi connectivity index (χ0n) is 21.9. The van der Waals surface area contributed by atoms with Crippen LogP contribution in [0.15, 0.2) is 42.5 Å². The summed E-state index contributed by atoms with van der Waals surface area (Å²) in [5.41, 5.74) is 0.628. The van der Waals surface area contributed by atoms with Crippen molar-refractivity contribution in [3.63, 3.8) is 0 Å². The van der Waals surface area contributed by atoms with Gasteiger partial charge in [0, 0.05) is 37.1 Å². The average molecular weight is 581 g/mol. The highest BCUT2D eigenvalue weighted by Gasteiger charge is 2.39. The number of rotatable bonds is 10. The first-order valence-corrected chi connectivity index (χ1v) is 14.4. The van der Waals surface area contributed by atoms with Gasteiger partial charge in [-0.15, -0.1) is 0 Å². The number of hydrogen-bond acceptors (Lipinski definition) is 4. The Morgan fingerprint density at radius 3 is 2.21 bits per heavy atom. The van der Waals surface area contributed by atoms with Crippen LogP contribution in [0.3, 0.4) is 0 Å². The molecule has 2 fully saturated rings. The number of piperidine rings is 1. The van der Waals surface area contributed by atoms with Gasteiger partial charge in [0.1, 0.15) is 0 Å². The highest BCUT2D eigenvalue weighted by Crippen LogP contribution is 2.35. The molecule has 0 aromatic heterocycles. The van der Waals surface area contributed by atoms with Crippen LogP contribution in [0.25, 0.3) is 0 Å². The summed E-state index contributed by atoms with van der Waals surface area (Å²) in [6.07, 6.45) is 4.66. The van der Waals surface area contributed by atoms with E-state index in [4.69, 9.17) is 34.8 Å². The molecule has 0 bridgehead atoms. The van der Waals surface area contributed by atoms with Crippen molar-refractivity contribution in [1.29, 1.82) is 0 Å². The fraction of sp³-hybridized carbons (Fsp3) is 0.517. The number of aliphatic hydroxyl groups excluding tert-OH is 1. The molecule has 2 atom stereocenters. The first-order chi connectivity index (χ1) is 18.1. The summed E-state index contributed by atoms with van der Waals surface area (Å²) in [7, 11) is 0. The van der Waals surface area contributed by atoms with E-state index >= 15 is 0 Å². The smallest absolute Gasteiger partial charge is 0.230 e. The van der Waals surface area contributed by atoms with Crippen LogP contribution in [-0.4, -0.2) is 65.0 Å². The van der Waals surface area contributed by atoms with Gasteiger partial charge in [0.2, 0.25) is 11.8 Å². The Balaban J connectivity index is 1.47. The van der Waals surface area contributed by atoms with Gasteiger partial charge in [-0.2, -0.15) is 0 Å². The largest absolute Gasteiger partial charge is 0.394 e. The summed E-state index contributed by atoms with van der Waals surface area (Å²) < 4.78 is 0. The van der Waals surface area contributed by atoms with Crippen molar-refractivity contribution in [1.82, 2.24) is 15.1 Å². The van der Waals surface area contributed by atoms with E-state index in [0.717, 1.165) is 49.9 Å². The van der Waals surface area contributed by atoms with Crippen LogP contribution in [-0.2, 0) is 15.0 Å². The van der Waals surface area contributed by atoms with Crippen LogP contribution in [0.5, 0.6) is 0 Å². The summed E-state index contributed by atoms with van der Waals surface area (Å²) in [5, 5.41) is 14.5. The Morgan fingerprint density at radius 1 is 1.03 bits per heavy atom. The van der Waals surface area contributed by atoms with Crippen molar-refractivity contribution in [2.45, 2.75) is 69.5 Å². The molecule has 206 valence electrons. The van der Waals surface area contributed by atoms with Gasteiger partial charge in [-0.3, -0.25) is 9.59 Å². The lowest BCUT2D eigenvalue weighted by atomic mass is 9.78. The van der Waals surface area contributed by atoms with Gasteiger partial charge in [0.05, 0.1) is 28.1 Å². The van der Waals surface area contributed by atoms with E-state index in [1.807, 2.05) is 13.0 Å². The first-order valence-electron chi connectivity index (χ1n) is 13.3. The van der Waals surface area contributed by atoms with Gasteiger partial charge in [0.25, 0.3) is 0 Å². The second-order valence-corrected chi connectivity index (χ2v) is 12.0. The van der Waals surface area contributed by atoms with E-state index in [0.29, 0.717) is 40.1 Å². The number of amides is 2. The number of nitrogens with zero attached hydrogens (tertiary/aromatic N) is 2. The zero-order valence-corrected chi connectivity index (χ0v) is 24.2. The van der Waals surface area contributed by atoms with Crippen LogP contribution in [0.4, 0.5) is 0 Å². The maximum Gasteiger partial charge on any atom is 0.230 e. The molecule has 2 aromatic carbocycles. The lowest BCUT2D eigenvalue weighted by Gasteiger charge is -2.40. The number of nitrogens with one attached hydrogen (secondary N) is 1. The molecule has 9 heteroatoms. The third kappa shape index (κ3) is 6.83. The Labute approximate surface area is 240 Å². The number of benzene rings is 2. The lowest BCUT2D eigenvalue weighted by Crippen LogP contribution is -2.50. The van der Waals surface area contributed by atoms with Crippen molar-refractivity contribution in [2.24, 2.45) is 0 Å². The van der Waals surface area contributed by atoms with Crippen molar-refractivity contribution in [3.05, 3.63) is 68.7 Å². The van der Waals surface area contributed by atoms with Crippen LogP contribution < -0.4 is 5.32 Å². The van der Waals surface area contributed by atoms with Crippen molar-refractivity contribution in [2.75, 3.05) is 26.2 Å². The van der Waals surface area contributed by atoms with E-state index < -0.39 is 11.5 Å². The minimum Gasteiger partial charge on any atom is -0.394 e. The molecule has 2 amide bonds. The third-order valence-electron chi connectivity index (χ3n) is 8.00. The van der Waals surface area contributed by atoms with Crippen molar-refractivity contribution >= 4 is 46.6 Å². The number of likely N-dealkylation sites (tertiary alicyclic amines) is 1.